The molecular formula is C15H15ClO4. The fourth-order valence-corrected chi connectivity index (χ4v) is 3.03. The van der Waals surface area contributed by atoms with E-state index in [2.05, 4.69) is 6.92 Å². The molecule has 1 heterocycles. The molecule has 0 amide bonds. The summed E-state index contributed by atoms with van der Waals surface area (Å²) in [6.45, 7) is 2.70. The second kappa shape index (κ2) is 4.77. The lowest BCUT2D eigenvalue weighted by atomic mass is 9.94. The number of carboxylic acids is 1. The number of carboxylic acid groups (broad SMARTS) is 1. The Kier molecular flexibility index (Phi) is 3.21. The molecule has 3 atom stereocenters. The Morgan fingerprint density at radius 1 is 1.35 bits per heavy atom. The van der Waals surface area contributed by atoms with Gasteiger partial charge in [-0.05, 0) is 36.5 Å². The van der Waals surface area contributed by atoms with Gasteiger partial charge in [-0.2, -0.15) is 0 Å². The van der Waals surface area contributed by atoms with Gasteiger partial charge < -0.3 is 9.84 Å². The monoisotopic (exact) mass is 294 g/mol. The minimum absolute atomic E-state index is 0.125. The molecule has 1 aromatic carbocycles. The van der Waals surface area contributed by atoms with E-state index in [9.17, 15) is 9.59 Å². The van der Waals surface area contributed by atoms with Crippen LogP contribution < -0.4 is 4.74 Å². The topological polar surface area (TPSA) is 63.6 Å². The maximum atomic E-state index is 12.3. The van der Waals surface area contributed by atoms with Crippen molar-refractivity contribution in [1.82, 2.24) is 0 Å². The van der Waals surface area contributed by atoms with Gasteiger partial charge in [0.15, 0.2) is 5.78 Å². The molecular weight excluding hydrogens is 280 g/mol. The molecule has 1 unspecified atom stereocenters. The zero-order valence-electron chi connectivity index (χ0n) is 11.1. The number of hydrogen-bond acceptors (Lipinski definition) is 3. The summed E-state index contributed by atoms with van der Waals surface area (Å²) < 4.78 is 5.60. The van der Waals surface area contributed by atoms with Crippen LogP contribution >= 0.6 is 11.6 Å². The number of ketones is 1. The van der Waals surface area contributed by atoms with Crippen LogP contribution in [0, 0.1) is 17.8 Å². The van der Waals surface area contributed by atoms with E-state index in [1.807, 2.05) is 0 Å². The lowest BCUT2D eigenvalue weighted by molar-refractivity contribution is -0.138. The zero-order chi connectivity index (χ0) is 14.4. The molecule has 5 heteroatoms. The zero-order valence-corrected chi connectivity index (χ0v) is 11.8. The van der Waals surface area contributed by atoms with Crippen molar-refractivity contribution in [3.63, 3.8) is 0 Å². The van der Waals surface area contributed by atoms with Crippen LogP contribution in [0.4, 0.5) is 0 Å². The number of Topliss-reactive ketones (excluding diaryl/α,β-unsaturated/α-hetero) is 1. The molecule has 1 N–H and O–H groups in total. The van der Waals surface area contributed by atoms with E-state index in [1.54, 1.807) is 12.1 Å². The summed E-state index contributed by atoms with van der Waals surface area (Å²) in [4.78, 5) is 23.1. The van der Waals surface area contributed by atoms with Crippen LogP contribution in [0.5, 0.6) is 5.75 Å². The van der Waals surface area contributed by atoms with Crippen molar-refractivity contribution in [2.24, 2.45) is 17.8 Å². The molecule has 1 saturated carbocycles. The predicted octanol–water partition coefficient (Wildman–Crippen LogP) is 2.81. The number of ether oxygens (including phenoxy) is 1. The number of benzene rings is 1. The van der Waals surface area contributed by atoms with Crippen molar-refractivity contribution in [2.75, 3.05) is 6.61 Å². The number of rotatable bonds is 3. The Hall–Kier alpha value is -1.55. The number of hydrogen-bond donors (Lipinski definition) is 1. The largest absolute Gasteiger partial charge is 0.491 e. The minimum atomic E-state index is -0.899. The third-order valence-corrected chi connectivity index (χ3v) is 4.21. The average Bonchev–Trinajstić information content (AvgIpc) is 3.17. The third kappa shape index (κ3) is 2.29. The van der Waals surface area contributed by atoms with Crippen LogP contribution in [0.3, 0.4) is 0 Å². The van der Waals surface area contributed by atoms with Gasteiger partial charge in [0, 0.05) is 11.5 Å². The molecule has 0 bridgehead atoms. The molecule has 0 spiro atoms. The summed E-state index contributed by atoms with van der Waals surface area (Å²) in [6.07, 6.45) is 1.25. The van der Waals surface area contributed by atoms with Gasteiger partial charge in [0.05, 0.1) is 17.5 Å². The first kappa shape index (κ1) is 13.4. The van der Waals surface area contributed by atoms with Gasteiger partial charge in [0.1, 0.15) is 5.75 Å². The molecule has 2 aliphatic rings. The normalized spacial score (nSPS) is 27.4. The van der Waals surface area contributed by atoms with Crippen LogP contribution in [0.2, 0.25) is 5.02 Å². The van der Waals surface area contributed by atoms with Crippen molar-refractivity contribution in [3.8, 4) is 5.75 Å². The number of aliphatic carboxylic acids is 1. The first-order valence-corrected chi connectivity index (χ1v) is 7.07. The number of carbonyl (C=O) groups is 2. The highest BCUT2D eigenvalue weighted by molar-refractivity contribution is 6.32. The maximum absolute atomic E-state index is 12.3. The van der Waals surface area contributed by atoms with Gasteiger partial charge in [0.25, 0.3) is 0 Å². The standard InChI is InChI=1S/C15H15ClO4/c1-7-2-9-3-8(4-12(16)14(9)20-6-7)13(17)10-5-11(10)15(18)19/h3-4,7,10-11H,2,5-6H2,1H3,(H,18,19)/t7?,10-,11-/m0/s1. The molecule has 0 radical (unpaired) electrons. The molecule has 0 aromatic heterocycles. The molecule has 106 valence electrons. The fraction of sp³-hybridized carbons (Fsp3) is 0.467. The van der Waals surface area contributed by atoms with E-state index >= 15 is 0 Å². The minimum Gasteiger partial charge on any atom is -0.491 e. The highest BCUT2D eigenvalue weighted by Crippen LogP contribution is 2.43. The van der Waals surface area contributed by atoms with Crippen LogP contribution in [0.25, 0.3) is 0 Å². The van der Waals surface area contributed by atoms with Crippen molar-refractivity contribution in [3.05, 3.63) is 28.3 Å². The van der Waals surface area contributed by atoms with Crippen molar-refractivity contribution >= 4 is 23.4 Å². The van der Waals surface area contributed by atoms with E-state index in [-0.39, 0.29) is 5.78 Å². The number of carbonyl (C=O) groups excluding carboxylic acids is 1. The lowest BCUT2D eigenvalue weighted by Gasteiger charge is -2.24. The van der Waals surface area contributed by atoms with Crippen LogP contribution in [0.15, 0.2) is 12.1 Å². The summed E-state index contributed by atoms with van der Waals surface area (Å²) in [5.41, 5.74) is 1.44. The Labute approximate surface area is 121 Å². The highest BCUT2D eigenvalue weighted by Gasteiger charge is 2.48. The van der Waals surface area contributed by atoms with E-state index < -0.39 is 17.8 Å². The van der Waals surface area contributed by atoms with Crippen LogP contribution in [0.1, 0.15) is 29.3 Å². The van der Waals surface area contributed by atoms with Gasteiger partial charge >= 0.3 is 5.97 Å². The van der Waals surface area contributed by atoms with E-state index in [4.69, 9.17) is 21.4 Å². The van der Waals surface area contributed by atoms with Crippen LogP contribution in [-0.2, 0) is 11.2 Å². The summed E-state index contributed by atoms with van der Waals surface area (Å²) in [6, 6.07) is 3.40. The van der Waals surface area contributed by atoms with E-state index in [0.717, 1.165) is 12.0 Å². The molecule has 0 saturated heterocycles. The predicted molar refractivity (Wildman–Crippen MR) is 73.4 cm³/mol. The van der Waals surface area contributed by atoms with Gasteiger partial charge in [-0.1, -0.05) is 18.5 Å². The van der Waals surface area contributed by atoms with E-state index in [0.29, 0.717) is 35.3 Å². The molecule has 1 fully saturated rings. The Balaban J connectivity index is 1.88. The van der Waals surface area contributed by atoms with E-state index in [1.165, 1.54) is 0 Å². The van der Waals surface area contributed by atoms with Gasteiger partial charge in [-0.3, -0.25) is 9.59 Å². The summed E-state index contributed by atoms with van der Waals surface area (Å²) in [7, 11) is 0. The summed E-state index contributed by atoms with van der Waals surface area (Å²) in [5, 5.41) is 9.34. The Bertz CT molecular complexity index is 596. The first-order chi connectivity index (χ1) is 9.47. The molecule has 1 aromatic rings. The smallest absolute Gasteiger partial charge is 0.307 e. The molecule has 1 aliphatic heterocycles. The maximum Gasteiger partial charge on any atom is 0.307 e. The molecule has 20 heavy (non-hydrogen) atoms. The molecule has 1 aliphatic carbocycles. The second-order valence-corrected chi connectivity index (χ2v) is 6.12. The molecule has 3 rings (SSSR count). The summed E-state index contributed by atoms with van der Waals surface area (Å²) in [5.74, 6) is -0.913. The number of halogens is 1. The van der Waals surface area contributed by atoms with Crippen molar-refractivity contribution in [2.45, 2.75) is 19.8 Å². The Morgan fingerprint density at radius 2 is 2.10 bits per heavy atom. The SMILES string of the molecule is CC1COc2c(Cl)cc(C(=O)[C@H]3C[C@@H]3C(=O)O)cc2C1. The average molecular weight is 295 g/mol. The highest BCUT2D eigenvalue weighted by atomic mass is 35.5. The Morgan fingerprint density at radius 3 is 2.75 bits per heavy atom. The van der Waals surface area contributed by atoms with Gasteiger partial charge in [-0.25, -0.2) is 0 Å². The quantitative estimate of drug-likeness (QED) is 0.871. The van der Waals surface area contributed by atoms with Gasteiger partial charge in [-0.15, -0.1) is 0 Å². The second-order valence-electron chi connectivity index (χ2n) is 5.72. The third-order valence-electron chi connectivity index (χ3n) is 3.93. The van der Waals surface area contributed by atoms with Gasteiger partial charge in [0.2, 0.25) is 0 Å². The molecule has 4 nitrogen and oxygen atoms in total. The lowest BCUT2D eigenvalue weighted by Crippen LogP contribution is -2.19. The summed E-state index contributed by atoms with van der Waals surface area (Å²) >= 11 is 6.17. The van der Waals surface area contributed by atoms with Crippen LogP contribution in [-0.4, -0.2) is 23.5 Å². The fourth-order valence-electron chi connectivity index (χ4n) is 2.74. The van der Waals surface area contributed by atoms with Crippen molar-refractivity contribution < 1.29 is 19.4 Å². The number of fused-ring (bicyclic) bond motifs is 1. The van der Waals surface area contributed by atoms with Crippen molar-refractivity contribution in [1.29, 1.82) is 0 Å². The first-order valence-electron chi connectivity index (χ1n) is 6.69.